The molecule has 0 aromatic heterocycles. The average molecular weight is 272 g/mol. The first-order chi connectivity index (χ1) is 9.61. The lowest BCUT2D eigenvalue weighted by Crippen LogP contribution is -1.85. The van der Waals surface area contributed by atoms with Crippen LogP contribution in [0.3, 0.4) is 0 Å². The summed E-state index contributed by atoms with van der Waals surface area (Å²) in [5, 5.41) is 0. The van der Waals surface area contributed by atoms with Gasteiger partial charge in [0.2, 0.25) is 0 Å². The molecule has 20 heavy (non-hydrogen) atoms. The summed E-state index contributed by atoms with van der Waals surface area (Å²) in [5.74, 6) is -1.59. The van der Waals surface area contributed by atoms with E-state index in [1.807, 2.05) is 12.1 Å². The summed E-state index contributed by atoms with van der Waals surface area (Å²) < 4.78 is 26.3. The molecule has 0 bridgehead atoms. The molecular weight excluding hydrogens is 254 g/mol. The highest BCUT2D eigenvalue weighted by atomic mass is 19.2. The van der Waals surface area contributed by atoms with E-state index < -0.39 is 11.7 Å². The van der Waals surface area contributed by atoms with Crippen LogP contribution in [0.5, 0.6) is 0 Å². The van der Waals surface area contributed by atoms with Crippen molar-refractivity contribution in [3.8, 4) is 11.1 Å². The van der Waals surface area contributed by atoms with Gasteiger partial charge >= 0.3 is 0 Å². The lowest BCUT2D eigenvalue weighted by atomic mass is 10.0. The lowest BCUT2D eigenvalue weighted by molar-refractivity contribution is 0.606. The van der Waals surface area contributed by atoms with Gasteiger partial charge in [0, 0.05) is 5.56 Å². The quantitative estimate of drug-likeness (QED) is 0.646. The summed E-state index contributed by atoms with van der Waals surface area (Å²) in [6.07, 6.45) is 2.20. The topological polar surface area (TPSA) is 0 Å². The SMILES string of the molecule is CCCc1ccc(-c2ccc(C(F)=C(C)F)cc2)cc1. The Kier molecular flexibility index (Phi) is 4.67. The maximum absolute atomic E-state index is 13.4. The van der Waals surface area contributed by atoms with E-state index in [1.54, 1.807) is 12.1 Å². The van der Waals surface area contributed by atoms with Crippen molar-refractivity contribution < 1.29 is 8.78 Å². The van der Waals surface area contributed by atoms with Crippen molar-refractivity contribution in [2.75, 3.05) is 0 Å². The van der Waals surface area contributed by atoms with Gasteiger partial charge in [0.15, 0.2) is 5.83 Å². The van der Waals surface area contributed by atoms with E-state index >= 15 is 0 Å². The van der Waals surface area contributed by atoms with Crippen molar-refractivity contribution in [3.05, 3.63) is 65.5 Å². The fraction of sp³-hybridized carbons (Fsp3) is 0.222. The van der Waals surface area contributed by atoms with Crippen LogP contribution in [0.4, 0.5) is 8.78 Å². The maximum atomic E-state index is 13.4. The monoisotopic (exact) mass is 272 g/mol. The molecule has 2 heteroatoms. The molecule has 0 saturated carbocycles. The fourth-order valence-corrected chi connectivity index (χ4v) is 2.16. The molecule has 2 rings (SSSR count). The second kappa shape index (κ2) is 6.47. The third-order valence-corrected chi connectivity index (χ3v) is 3.27. The smallest absolute Gasteiger partial charge is 0.161 e. The summed E-state index contributed by atoms with van der Waals surface area (Å²) in [6, 6.07) is 15.2. The van der Waals surface area contributed by atoms with Crippen molar-refractivity contribution >= 4 is 5.83 Å². The first kappa shape index (κ1) is 14.4. The molecule has 0 nitrogen and oxygen atoms in total. The van der Waals surface area contributed by atoms with Crippen molar-refractivity contribution in [1.82, 2.24) is 0 Å². The van der Waals surface area contributed by atoms with Crippen LogP contribution in [-0.2, 0) is 6.42 Å². The standard InChI is InChI=1S/C18H18F2/c1-3-4-14-5-7-15(8-6-14)16-9-11-17(12-10-16)18(20)13(2)19/h5-12H,3-4H2,1-2H3. The molecule has 2 aromatic carbocycles. The normalized spacial score (nSPS) is 12.2. The number of benzene rings is 2. The highest BCUT2D eigenvalue weighted by molar-refractivity contribution is 5.68. The largest absolute Gasteiger partial charge is 0.209 e. The number of hydrogen-bond donors (Lipinski definition) is 0. The number of hydrogen-bond acceptors (Lipinski definition) is 0. The Morgan fingerprint density at radius 2 is 1.35 bits per heavy atom. The Labute approximate surface area is 118 Å². The van der Waals surface area contributed by atoms with Crippen LogP contribution >= 0.6 is 0 Å². The van der Waals surface area contributed by atoms with Gasteiger partial charge in [0.05, 0.1) is 0 Å². The Morgan fingerprint density at radius 1 is 0.850 bits per heavy atom. The minimum absolute atomic E-state index is 0.274. The van der Waals surface area contributed by atoms with Gasteiger partial charge in [-0.3, -0.25) is 0 Å². The van der Waals surface area contributed by atoms with Gasteiger partial charge in [-0.15, -0.1) is 0 Å². The first-order valence-electron chi connectivity index (χ1n) is 6.83. The fourth-order valence-electron chi connectivity index (χ4n) is 2.16. The van der Waals surface area contributed by atoms with Crippen molar-refractivity contribution in [2.24, 2.45) is 0 Å². The van der Waals surface area contributed by atoms with Crippen molar-refractivity contribution in [2.45, 2.75) is 26.7 Å². The van der Waals surface area contributed by atoms with E-state index in [0.717, 1.165) is 30.9 Å². The molecule has 0 saturated heterocycles. The highest BCUT2D eigenvalue weighted by Crippen LogP contribution is 2.25. The number of halogens is 2. The molecule has 0 atom stereocenters. The van der Waals surface area contributed by atoms with Crippen LogP contribution in [0.1, 0.15) is 31.4 Å². The van der Waals surface area contributed by atoms with Crippen molar-refractivity contribution in [3.63, 3.8) is 0 Å². The molecule has 0 heterocycles. The molecule has 0 aliphatic rings. The predicted octanol–water partition coefficient (Wildman–Crippen LogP) is 5.93. The minimum Gasteiger partial charge on any atom is -0.209 e. The summed E-state index contributed by atoms with van der Waals surface area (Å²) in [4.78, 5) is 0. The third kappa shape index (κ3) is 3.32. The molecule has 0 fully saturated rings. The van der Waals surface area contributed by atoms with Crippen LogP contribution in [0.25, 0.3) is 17.0 Å². The van der Waals surface area contributed by atoms with Crippen LogP contribution in [0.15, 0.2) is 54.4 Å². The molecule has 0 aliphatic carbocycles. The second-order valence-corrected chi connectivity index (χ2v) is 4.87. The van der Waals surface area contributed by atoms with Gasteiger partial charge in [0.1, 0.15) is 5.83 Å². The summed E-state index contributed by atoms with van der Waals surface area (Å²) in [7, 11) is 0. The molecule has 0 aliphatic heterocycles. The Morgan fingerprint density at radius 3 is 1.80 bits per heavy atom. The predicted molar refractivity (Wildman–Crippen MR) is 80.7 cm³/mol. The second-order valence-electron chi connectivity index (χ2n) is 4.87. The van der Waals surface area contributed by atoms with Crippen molar-refractivity contribution in [1.29, 1.82) is 0 Å². The first-order valence-corrected chi connectivity index (χ1v) is 6.83. The van der Waals surface area contributed by atoms with Crippen LogP contribution in [-0.4, -0.2) is 0 Å². The van der Waals surface area contributed by atoms with Gasteiger partial charge in [-0.25, -0.2) is 8.78 Å². The maximum Gasteiger partial charge on any atom is 0.161 e. The van der Waals surface area contributed by atoms with E-state index in [1.165, 1.54) is 5.56 Å². The van der Waals surface area contributed by atoms with E-state index in [-0.39, 0.29) is 5.56 Å². The highest BCUT2D eigenvalue weighted by Gasteiger charge is 2.05. The average Bonchev–Trinajstić information content (AvgIpc) is 2.48. The Balaban J connectivity index is 2.24. The molecule has 0 amide bonds. The van der Waals surface area contributed by atoms with Gasteiger partial charge in [-0.05, 0) is 30.0 Å². The molecule has 0 unspecified atom stereocenters. The number of aryl methyl sites for hydroxylation is 1. The molecular formula is C18H18F2. The van der Waals surface area contributed by atoms with E-state index in [2.05, 4.69) is 31.2 Å². The molecule has 0 spiro atoms. The zero-order valence-corrected chi connectivity index (χ0v) is 11.8. The van der Waals surface area contributed by atoms with Gasteiger partial charge in [0.25, 0.3) is 0 Å². The molecule has 0 radical (unpaired) electrons. The van der Waals surface area contributed by atoms with Crippen LogP contribution < -0.4 is 0 Å². The lowest BCUT2D eigenvalue weighted by Gasteiger charge is -2.05. The third-order valence-electron chi connectivity index (χ3n) is 3.27. The zero-order valence-electron chi connectivity index (χ0n) is 11.8. The Bertz CT molecular complexity index is 588. The van der Waals surface area contributed by atoms with Gasteiger partial charge in [-0.1, -0.05) is 61.9 Å². The zero-order chi connectivity index (χ0) is 14.5. The van der Waals surface area contributed by atoms with Crippen LogP contribution in [0, 0.1) is 0 Å². The molecule has 104 valence electrons. The van der Waals surface area contributed by atoms with E-state index in [0.29, 0.717) is 0 Å². The van der Waals surface area contributed by atoms with Crippen LogP contribution in [0.2, 0.25) is 0 Å². The summed E-state index contributed by atoms with van der Waals surface area (Å²) in [5.41, 5.74) is 3.67. The van der Waals surface area contributed by atoms with E-state index in [4.69, 9.17) is 0 Å². The van der Waals surface area contributed by atoms with Gasteiger partial charge < -0.3 is 0 Å². The minimum atomic E-state index is -0.796. The van der Waals surface area contributed by atoms with E-state index in [9.17, 15) is 8.78 Å². The van der Waals surface area contributed by atoms with Gasteiger partial charge in [-0.2, -0.15) is 0 Å². The number of allylic oxidation sites excluding steroid dienone is 1. The molecule has 2 aromatic rings. The molecule has 0 N–H and O–H groups in total. The summed E-state index contributed by atoms with van der Waals surface area (Å²) in [6.45, 7) is 3.28. The number of rotatable bonds is 4. The Hall–Kier alpha value is -1.96. The summed E-state index contributed by atoms with van der Waals surface area (Å²) >= 11 is 0.